The van der Waals surface area contributed by atoms with Gasteiger partial charge in [0.2, 0.25) is 5.69 Å². The van der Waals surface area contributed by atoms with Crippen LogP contribution in [-0.2, 0) is 10.2 Å². The van der Waals surface area contributed by atoms with Crippen molar-refractivity contribution in [3.05, 3.63) is 83.6 Å². The van der Waals surface area contributed by atoms with E-state index in [0.717, 1.165) is 25.8 Å². The summed E-state index contributed by atoms with van der Waals surface area (Å²) in [5, 5.41) is 8.91. The number of anilines is 1. The highest BCUT2D eigenvalue weighted by atomic mass is 35.5. The number of halogens is 1. The fourth-order valence-electron chi connectivity index (χ4n) is 5.35. The number of likely N-dealkylation sites (N-methyl/N-ethyl adjacent to an activating group) is 1. The number of fused-ring (bicyclic) bond motifs is 2. The molecule has 180 valence electrons. The Morgan fingerprint density at radius 2 is 1.79 bits per heavy atom. The van der Waals surface area contributed by atoms with E-state index in [4.69, 9.17) is 5.11 Å². The van der Waals surface area contributed by atoms with Crippen LogP contribution in [0.1, 0.15) is 63.5 Å². The number of carboxylic acid groups (broad SMARTS) is 1. The Kier molecular flexibility index (Phi) is 8.04. The molecule has 0 bridgehead atoms. The minimum absolute atomic E-state index is 0. The average molecular weight is 479 g/mol. The van der Waals surface area contributed by atoms with Crippen LogP contribution >= 0.6 is 0 Å². The van der Waals surface area contributed by atoms with Crippen molar-refractivity contribution in [3.63, 3.8) is 0 Å². The summed E-state index contributed by atoms with van der Waals surface area (Å²) in [5.74, 6) is -0.334. The molecule has 0 fully saturated rings. The highest BCUT2D eigenvalue weighted by molar-refractivity contribution is 6.03. The molecule has 4 nitrogen and oxygen atoms in total. The Balaban J connectivity index is 0.00000324. The minimum atomic E-state index is -0.709. The molecule has 5 heteroatoms. The van der Waals surface area contributed by atoms with Gasteiger partial charge in [-0.05, 0) is 44.4 Å². The quantitative estimate of drug-likeness (QED) is 0.467. The zero-order valence-electron chi connectivity index (χ0n) is 20.6. The number of hydrogen-bond acceptors (Lipinski definition) is 2. The number of allylic oxidation sites excluding steroid dienone is 4. The Morgan fingerprint density at radius 1 is 1.09 bits per heavy atom. The van der Waals surface area contributed by atoms with Crippen LogP contribution in [0.2, 0.25) is 0 Å². The highest BCUT2D eigenvalue weighted by Gasteiger charge is 2.43. The summed E-state index contributed by atoms with van der Waals surface area (Å²) in [5.41, 5.74) is 7.81. The van der Waals surface area contributed by atoms with Crippen LogP contribution in [0, 0.1) is 0 Å². The lowest BCUT2D eigenvalue weighted by Gasteiger charge is -2.16. The Bertz CT molecular complexity index is 1120. The van der Waals surface area contributed by atoms with Gasteiger partial charge in [-0.15, -0.1) is 0 Å². The van der Waals surface area contributed by atoms with Gasteiger partial charge in [-0.25, -0.2) is 0 Å². The second-order valence-corrected chi connectivity index (χ2v) is 9.67. The van der Waals surface area contributed by atoms with E-state index < -0.39 is 5.97 Å². The number of carboxylic acids is 1. The second-order valence-electron chi connectivity index (χ2n) is 9.67. The molecule has 1 atom stereocenters. The smallest absolute Gasteiger partial charge is 0.303 e. The molecule has 0 radical (unpaired) electrons. The van der Waals surface area contributed by atoms with Crippen LogP contribution in [0.15, 0.2) is 72.5 Å². The molecule has 2 aromatic carbocycles. The topological polar surface area (TPSA) is 43.6 Å². The van der Waals surface area contributed by atoms with Gasteiger partial charge in [0.1, 0.15) is 6.54 Å². The molecule has 2 aromatic rings. The van der Waals surface area contributed by atoms with E-state index in [0.29, 0.717) is 5.92 Å². The predicted molar refractivity (Wildman–Crippen MR) is 136 cm³/mol. The molecule has 1 unspecified atom stereocenters. The second kappa shape index (κ2) is 10.6. The molecule has 2 aliphatic heterocycles. The number of unbranched alkanes of at least 4 members (excludes halogenated alkanes) is 2. The first-order chi connectivity index (χ1) is 15.8. The average Bonchev–Trinajstić information content (AvgIpc) is 3.16. The number of rotatable bonds is 8. The van der Waals surface area contributed by atoms with Gasteiger partial charge >= 0.3 is 5.97 Å². The van der Waals surface area contributed by atoms with E-state index in [9.17, 15) is 4.79 Å². The standard InChI is InChI=1S/C29H34N2O2.ClH/c1-21-22-13-7-9-15-25(22)30(4)24(21)17-12-18-27-29(2,3)23-14-8-10-16-26(23)31(27)20-11-5-6-19-28(32)33;/h7-10,12-18,21H,5-6,11,19-20H2,1-4H3;1H. The number of aliphatic carboxylic acids is 1. The molecule has 2 heterocycles. The molecule has 34 heavy (non-hydrogen) atoms. The SMILES string of the molecule is CC1C(=CC=CC2=[N+](CCCCCC(=O)O)c3ccccc3C2(C)C)N(C)c2ccccc21.[Cl-]. The molecule has 1 N–H and O–H groups in total. The molecule has 0 saturated carbocycles. The third-order valence-corrected chi connectivity index (χ3v) is 7.19. The van der Waals surface area contributed by atoms with Crippen LogP contribution in [0.3, 0.4) is 0 Å². The normalized spacial score (nSPS) is 19.5. The predicted octanol–water partition coefficient (Wildman–Crippen LogP) is 3.41. The van der Waals surface area contributed by atoms with Crippen molar-refractivity contribution in [3.8, 4) is 0 Å². The summed E-state index contributed by atoms with van der Waals surface area (Å²) in [6.45, 7) is 7.76. The van der Waals surface area contributed by atoms with Crippen LogP contribution in [0.5, 0.6) is 0 Å². The monoisotopic (exact) mass is 478 g/mol. The maximum absolute atomic E-state index is 10.8. The lowest BCUT2D eigenvalue weighted by Crippen LogP contribution is -3.00. The molecular formula is C29H35ClN2O2. The Labute approximate surface area is 209 Å². The van der Waals surface area contributed by atoms with E-state index in [-0.39, 0.29) is 24.2 Å². The fourth-order valence-corrected chi connectivity index (χ4v) is 5.35. The molecule has 4 rings (SSSR count). The van der Waals surface area contributed by atoms with E-state index in [1.165, 1.54) is 33.9 Å². The molecule has 0 saturated heterocycles. The van der Waals surface area contributed by atoms with Crippen LogP contribution < -0.4 is 17.3 Å². The van der Waals surface area contributed by atoms with Gasteiger partial charge in [-0.2, -0.15) is 4.58 Å². The Hall–Kier alpha value is -2.85. The zero-order chi connectivity index (χ0) is 23.6. The lowest BCUT2D eigenvalue weighted by atomic mass is 9.81. The molecule has 0 aromatic heterocycles. The lowest BCUT2D eigenvalue weighted by molar-refractivity contribution is -0.438. The van der Waals surface area contributed by atoms with Crippen molar-refractivity contribution in [2.45, 2.75) is 57.8 Å². The first kappa shape index (κ1) is 25.8. The summed E-state index contributed by atoms with van der Waals surface area (Å²) >= 11 is 0. The zero-order valence-corrected chi connectivity index (χ0v) is 21.3. The van der Waals surface area contributed by atoms with E-state index in [2.05, 4.69) is 104 Å². The number of nitrogens with zero attached hydrogens (tertiary/aromatic N) is 2. The summed E-state index contributed by atoms with van der Waals surface area (Å²) in [7, 11) is 2.15. The van der Waals surface area contributed by atoms with Crippen molar-refractivity contribution in [1.82, 2.24) is 0 Å². The number of benzene rings is 2. The number of hydrogen-bond donors (Lipinski definition) is 1. The van der Waals surface area contributed by atoms with Crippen LogP contribution in [0.4, 0.5) is 11.4 Å². The molecular weight excluding hydrogens is 444 g/mol. The third-order valence-electron chi connectivity index (χ3n) is 7.19. The van der Waals surface area contributed by atoms with Crippen molar-refractivity contribution in [2.75, 3.05) is 18.5 Å². The first-order valence-corrected chi connectivity index (χ1v) is 12.0. The van der Waals surface area contributed by atoms with Crippen LogP contribution in [-0.4, -0.2) is 35.0 Å². The largest absolute Gasteiger partial charge is 1.00 e. The molecule has 0 aliphatic carbocycles. The maximum atomic E-state index is 10.8. The summed E-state index contributed by atoms with van der Waals surface area (Å²) in [4.78, 5) is 13.1. The molecule has 2 aliphatic rings. The van der Waals surface area contributed by atoms with Gasteiger partial charge < -0.3 is 22.4 Å². The van der Waals surface area contributed by atoms with Gasteiger partial charge in [-0.3, -0.25) is 4.79 Å². The van der Waals surface area contributed by atoms with E-state index in [1.807, 2.05) is 0 Å². The van der Waals surface area contributed by atoms with E-state index >= 15 is 0 Å². The maximum Gasteiger partial charge on any atom is 0.303 e. The van der Waals surface area contributed by atoms with Gasteiger partial charge in [0.25, 0.3) is 0 Å². The van der Waals surface area contributed by atoms with Crippen LogP contribution in [0.25, 0.3) is 0 Å². The molecule has 0 spiro atoms. The summed E-state index contributed by atoms with van der Waals surface area (Å²) in [6.07, 6.45) is 9.61. The number of para-hydroxylation sites is 2. The Morgan fingerprint density at radius 3 is 2.53 bits per heavy atom. The first-order valence-electron chi connectivity index (χ1n) is 12.0. The van der Waals surface area contributed by atoms with Gasteiger partial charge in [0, 0.05) is 54.9 Å². The van der Waals surface area contributed by atoms with Crippen molar-refractivity contribution in [1.29, 1.82) is 0 Å². The van der Waals surface area contributed by atoms with Crippen molar-refractivity contribution >= 4 is 23.1 Å². The van der Waals surface area contributed by atoms with Gasteiger partial charge in [-0.1, -0.05) is 49.4 Å². The molecule has 0 amide bonds. The third kappa shape index (κ3) is 4.83. The van der Waals surface area contributed by atoms with Crippen molar-refractivity contribution < 1.29 is 26.9 Å². The highest BCUT2D eigenvalue weighted by Crippen LogP contribution is 2.42. The van der Waals surface area contributed by atoms with E-state index in [1.54, 1.807) is 0 Å². The van der Waals surface area contributed by atoms with Gasteiger partial charge in [0.05, 0.1) is 5.41 Å². The summed E-state index contributed by atoms with van der Waals surface area (Å²) in [6, 6.07) is 17.3. The summed E-state index contributed by atoms with van der Waals surface area (Å²) < 4.78 is 2.43. The van der Waals surface area contributed by atoms with Crippen molar-refractivity contribution in [2.24, 2.45) is 0 Å². The minimum Gasteiger partial charge on any atom is -1.00 e. The fraction of sp³-hybridized carbons (Fsp3) is 0.379. The number of carbonyl (C=O) groups is 1. The van der Waals surface area contributed by atoms with Gasteiger partial charge in [0.15, 0.2) is 5.71 Å².